The number of aromatic nitrogens is 2. The third kappa shape index (κ3) is 2.47. The van der Waals surface area contributed by atoms with Gasteiger partial charge in [0.25, 0.3) is 0 Å². The van der Waals surface area contributed by atoms with Crippen LogP contribution in [0.2, 0.25) is 0 Å². The van der Waals surface area contributed by atoms with Gasteiger partial charge in [-0.05, 0) is 25.0 Å². The van der Waals surface area contributed by atoms with Crippen LogP contribution in [0.5, 0.6) is 0 Å². The Morgan fingerprint density at radius 3 is 2.75 bits per heavy atom. The van der Waals surface area contributed by atoms with Crippen LogP contribution in [0.3, 0.4) is 0 Å². The molecule has 0 amide bonds. The van der Waals surface area contributed by atoms with Crippen molar-refractivity contribution in [3.8, 4) is 0 Å². The molecule has 0 atom stereocenters. The molecule has 1 aromatic carbocycles. The van der Waals surface area contributed by atoms with Gasteiger partial charge < -0.3 is 4.57 Å². The SMILES string of the molecule is Cc1ccc(CSc2nccn2C)c(C)c1. The molecular weight excluding hydrogens is 216 g/mol. The molecule has 0 bridgehead atoms. The normalized spacial score (nSPS) is 10.7. The maximum Gasteiger partial charge on any atom is 0.167 e. The van der Waals surface area contributed by atoms with E-state index < -0.39 is 0 Å². The van der Waals surface area contributed by atoms with Gasteiger partial charge in [0.15, 0.2) is 5.16 Å². The summed E-state index contributed by atoms with van der Waals surface area (Å²) >= 11 is 1.78. The van der Waals surface area contributed by atoms with Crippen molar-refractivity contribution < 1.29 is 0 Å². The van der Waals surface area contributed by atoms with Gasteiger partial charge in [0.05, 0.1) is 0 Å². The second-order valence-corrected chi connectivity index (χ2v) is 4.98. The van der Waals surface area contributed by atoms with E-state index in [4.69, 9.17) is 0 Å². The van der Waals surface area contributed by atoms with E-state index in [0.29, 0.717) is 0 Å². The van der Waals surface area contributed by atoms with Crippen molar-refractivity contribution in [2.24, 2.45) is 7.05 Å². The Morgan fingerprint density at radius 1 is 1.31 bits per heavy atom. The molecule has 16 heavy (non-hydrogen) atoms. The second-order valence-electron chi connectivity index (χ2n) is 4.04. The predicted octanol–water partition coefficient (Wildman–Crippen LogP) is 3.33. The molecule has 0 radical (unpaired) electrons. The van der Waals surface area contributed by atoms with Gasteiger partial charge >= 0.3 is 0 Å². The smallest absolute Gasteiger partial charge is 0.167 e. The van der Waals surface area contributed by atoms with Crippen LogP contribution in [-0.4, -0.2) is 9.55 Å². The summed E-state index contributed by atoms with van der Waals surface area (Å²) in [6.45, 7) is 4.30. The molecule has 2 nitrogen and oxygen atoms in total. The molecule has 0 aliphatic heterocycles. The Balaban J connectivity index is 2.08. The van der Waals surface area contributed by atoms with Crippen LogP contribution >= 0.6 is 11.8 Å². The molecule has 0 saturated carbocycles. The standard InChI is InChI=1S/C13H16N2S/c1-10-4-5-12(11(2)8-10)9-16-13-14-6-7-15(13)3/h4-8H,9H2,1-3H3. The largest absolute Gasteiger partial charge is 0.329 e. The van der Waals surface area contributed by atoms with E-state index >= 15 is 0 Å². The van der Waals surface area contributed by atoms with E-state index in [1.165, 1.54) is 16.7 Å². The lowest BCUT2D eigenvalue weighted by Crippen LogP contribution is -1.92. The van der Waals surface area contributed by atoms with Crippen molar-refractivity contribution in [2.75, 3.05) is 0 Å². The van der Waals surface area contributed by atoms with Gasteiger partial charge in [-0.3, -0.25) is 0 Å². The number of aryl methyl sites for hydroxylation is 3. The number of benzene rings is 1. The molecular formula is C13H16N2S. The molecule has 84 valence electrons. The zero-order chi connectivity index (χ0) is 11.5. The predicted molar refractivity (Wildman–Crippen MR) is 68.7 cm³/mol. The third-order valence-corrected chi connectivity index (χ3v) is 3.74. The Hall–Kier alpha value is -1.22. The molecule has 2 rings (SSSR count). The van der Waals surface area contributed by atoms with Crippen molar-refractivity contribution >= 4 is 11.8 Å². The summed E-state index contributed by atoms with van der Waals surface area (Å²) in [5, 5.41) is 1.07. The average molecular weight is 232 g/mol. The molecule has 0 aliphatic rings. The van der Waals surface area contributed by atoms with Gasteiger partial charge in [0, 0.05) is 25.2 Å². The van der Waals surface area contributed by atoms with Gasteiger partial charge in [0.2, 0.25) is 0 Å². The van der Waals surface area contributed by atoms with Crippen molar-refractivity contribution in [2.45, 2.75) is 24.8 Å². The summed E-state index contributed by atoms with van der Waals surface area (Å²) < 4.78 is 2.05. The van der Waals surface area contributed by atoms with Crippen LogP contribution in [0.4, 0.5) is 0 Å². The molecule has 0 N–H and O–H groups in total. The topological polar surface area (TPSA) is 17.8 Å². The lowest BCUT2D eigenvalue weighted by atomic mass is 10.1. The number of imidazole rings is 1. The average Bonchev–Trinajstić information content (AvgIpc) is 2.63. The maximum absolute atomic E-state index is 4.30. The summed E-state index contributed by atoms with van der Waals surface area (Å²) in [7, 11) is 2.03. The first-order valence-electron chi connectivity index (χ1n) is 5.33. The summed E-state index contributed by atoms with van der Waals surface area (Å²) in [6.07, 6.45) is 3.81. The van der Waals surface area contributed by atoms with Crippen molar-refractivity contribution in [3.05, 3.63) is 47.3 Å². The maximum atomic E-state index is 4.30. The second kappa shape index (κ2) is 4.74. The minimum absolute atomic E-state index is 0.983. The minimum atomic E-state index is 0.983. The lowest BCUT2D eigenvalue weighted by molar-refractivity contribution is 0.790. The summed E-state index contributed by atoms with van der Waals surface area (Å²) in [5.74, 6) is 0.983. The van der Waals surface area contributed by atoms with Gasteiger partial charge in [-0.15, -0.1) is 0 Å². The van der Waals surface area contributed by atoms with Crippen LogP contribution < -0.4 is 0 Å². The van der Waals surface area contributed by atoms with Crippen LogP contribution in [0, 0.1) is 13.8 Å². The molecule has 2 aromatic rings. The Labute approximate surface area is 101 Å². The highest BCUT2D eigenvalue weighted by atomic mass is 32.2. The van der Waals surface area contributed by atoms with Gasteiger partial charge in [-0.2, -0.15) is 0 Å². The first-order valence-corrected chi connectivity index (χ1v) is 6.31. The van der Waals surface area contributed by atoms with Gasteiger partial charge in [-0.1, -0.05) is 35.5 Å². The molecule has 0 spiro atoms. The number of rotatable bonds is 3. The van der Waals surface area contributed by atoms with Crippen LogP contribution in [0.1, 0.15) is 16.7 Å². The summed E-state index contributed by atoms with van der Waals surface area (Å²) in [6, 6.07) is 6.61. The molecule has 0 fully saturated rings. The Kier molecular flexibility index (Phi) is 3.34. The highest BCUT2D eigenvalue weighted by Crippen LogP contribution is 2.22. The van der Waals surface area contributed by atoms with E-state index in [1.807, 2.05) is 24.0 Å². The zero-order valence-corrected chi connectivity index (χ0v) is 10.7. The molecule has 3 heteroatoms. The molecule has 0 aliphatic carbocycles. The van der Waals surface area contributed by atoms with Crippen LogP contribution in [0.25, 0.3) is 0 Å². The van der Waals surface area contributed by atoms with E-state index in [-0.39, 0.29) is 0 Å². The van der Waals surface area contributed by atoms with Crippen LogP contribution in [-0.2, 0) is 12.8 Å². The van der Waals surface area contributed by atoms with E-state index in [1.54, 1.807) is 11.8 Å². The summed E-state index contributed by atoms with van der Waals surface area (Å²) in [4.78, 5) is 4.30. The molecule has 0 saturated heterocycles. The fourth-order valence-corrected chi connectivity index (χ4v) is 2.65. The molecule has 0 unspecified atom stereocenters. The molecule has 1 heterocycles. The van der Waals surface area contributed by atoms with E-state index in [9.17, 15) is 0 Å². The monoisotopic (exact) mass is 232 g/mol. The highest BCUT2D eigenvalue weighted by molar-refractivity contribution is 7.98. The van der Waals surface area contributed by atoms with E-state index in [2.05, 4.69) is 37.0 Å². The lowest BCUT2D eigenvalue weighted by Gasteiger charge is -2.06. The number of thioether (sulfide) groups is 1. The summed E-state index contributed by atoms with van der Waals surface area (Å²) in [5.41, 5.74) is 4.07. The van der Waals surface area contributed by atoms with E-state index in [0.717, 1.165) is 10.9 Å². The zero-order valence-electron chi connectivity index (χ0n) is 9.90. The van der Waals surface area contributed by atoms with Gasteiger partial charge in [-0.25, -0.2) is 4.98 Å². The number of hydrogen-bond acceptors (Lipinski definition) is 2. The quantitative estimate of drug-likeness (QED) is 0.755. The highest BCUT2D eigenvalue weighted by Gasteiger charge is 2.03. The van der Waals surface area contributed by atoms with Crippen molar-refractivity contribution in [1.29, 1.82) is 0 Å². The van der Waals surface area contributed by atoms with Crippen molar-refractivity contribution in [3.63, 3.8) is 0 Å². The third-order valence-electron chi connectivity index (χ3n) is 2.63. The molecule has 1 aromatic heterocycles. The first-order chi connectivity index (χ1) is 7.66. The minimum Gasteiger partial charge on any atom is -0.329 e. The van der Waals surface area contributed by atoms with Crippen LogP contribution in [0.15, 0.2) is 35.7 Å². The van der Waals surface area contributed by atoms with Gasteiger partial charge in [0.1, 0.15) is 0 Å². The van der Waals surface area contributed by atoms with Crippen molar-refractivity contribution in [1.82, 2.24) is 9.55 Å². The Morgan fingerprint density at radius 2 is 2.12 bits per heavy atom. The number of hydrogen-bond donors (Lipinski definition) is 0. The number of nitrogens with zero attached hydrogens (tertiary/aromatic N) is 2. The Bertz CT molecular complexity index is 488. The first kappa shape index (κ1) is 11.3. The fourth-order valence-electron chi connectivity index (χ4n) is 1.64. The fraction of sp³-hybridized carbons (Fsp3) is 0.308.